The smallest absolute Gasteiger partial charge is 0.191 e. The zero-order valence-electron chi connectivity index (χ0n) is 14.2. The molecule has 0 aromatic heterocycles. The Labute approximate surface area is 139 Å². The van der Waals surface area contributed by atoms with Crippen LogP contribution in [0.15, 0.2) is 23.2 Å². The van der Waals surface area contributed by atoms with Crippen LogP contribution in [0, 0.1) is 6.92 Å². The van der Waals surface area contributed by atoms with Gasteiger partial charge in [0.1, 0.15) is 5.75 Å². The van der Waals surface area contributed by atoms with E-state index in [4.69, 9.17) is 4.74 Å². The lowest BCUT2D eigenvalue weighted by atomic mass is 10.1. The van der Waals surface area contributed by atoms with Crippen LogP contribution in [-0.4, -0.2) is 37.7 Å². The van der Waals surface area contributed by atoms with E-state index >= 15 is 0 Å². The van der Waals surface area contributed by atoms with E-state index < -0.39 is 0 Å². The molecule has 0 amide bonds. The Morgan fingerprint density at radius 1 is 1.27 bits per heavy atom. The number of benzene rings is 1. The van der Waals surface area contributed by atoms with Gasteiger partial charge in [-0.1, -0.05) is 12.1 Å². The summed E-state index contributed by atoms with van der Waals surface area (Å²) < 4.78 is 5.71. The summed E-state index contributed by atoms with van der Waals surface area (Å²) in [5, 5.41) is 6.66. The summed E-state index contributed by atoms with van der Waals surface area (Å²) in [6, 6.07) is 6.28. The lowest BCUT2D eigenvalue weighted by molar-refractivity contribution is 0.336. The van der Waals surface area contributed by atoms with Gasteiger partial charge in [-0.25, -0.2) is 4.99 Å². The van der Waals surface area contributed by atoms with Crippen molar-refractivity contribution in [2.24, 2.45) is 4.99 Å². The largest absolute Gasteiger partial charge is 0.494 e. The number of aliphatic imine (C=N–C) groups is 1. The number of hydrogen-bond donors (Lipinski definition) is 2. The molecule has 22 heavy (non-hydrogen) atoms. The summed E-state index contributed by atoms with van der Waals surface area (Å²) >= 11 is 1.87. The van der Waals surface area contributed by atoms with Crippen molar-refractivity contribution in [1.82, 2.24) is 10.6 Å². The number of aryl methyl sites for hydroxylation is 1. The van der Waals surface area contributed by atoms with Crippen molar-refractivity contribution in [3.8, 4) is 5.75 Å². The molecule has 0 saturated carbocycles. The van der Waals surface area contributed by atoms with Crippen LogP contribution in [0.1, 0.15) is 31.4 Å². The van der Waals surface area contributed by atoms with Crippen molar-refractivity contribution in [1.29, 1.82) is 0 Å². The maximum atomic E-state index is 5.71. The highest BCUT2D eigenvalue weighted by atomic mass is 32.2. The van der Waals surface area contributed by atoms with Crippen LogP contribution in [-0.2, 0) is 6.54 Å². The monoisotopic (exact) mass is 323 g/mol. The van der Waals surface area contributed by atoms with Gasteiger partial charge in [0, 0.05) is 18.7 Å². The van der Waals surface area contributed by atoms with Gasteiger partial charge in [0.25, 0.3) is 0 Å². The third-order valence-electron chi connectivity index (χ3n) is 3.09. The fourth-order valence-electron chi connectivity index (χ4n) is 2.01. The number of rotatable bonds is 9. The van der Waals surface area contributed by atoms with Crippen LogP contribution < -0.4 is 15.4 Å². The molecule has 0 unspecified atom stereocenters. The first-order valence-electron chi connectivity index (χ1n) is 7.94. The highest BCUT2D eigenvalue weighted by Gasteiger charge is 2.04. The zero-order valence-corrected chi connectivity index (χ0v) is 15.1. The summed E-state index contributed by atoms with van der Waals surface area (Å²) in [6.45, 7) is 9.26. The van der Waals surface area contributed by atoms with E-state index in [-0.39, 0.29) is 0 Å². The van der Waals surface area contributed by atoms with Crippen molar-refractivity contribution >= 4 is 17.7 Å². The number of hydrogen-bond acceptors (Lipinski definition) is 3. The molecular formula is C17H29N3OS. The molecule has 0 fully saturated rings. The van der Waals surface area contributed by atoms with Crippen molar-refractivity contribution in [2.45, 2.75) is 33.7 Å². The average Bonchev–Trinajstić information content (AvgIpc) is 2.51. The molecule has 1 aromatic rings. The van der Waals surface area contributed by atoms with Crippen LogP contribution in [0.25, 0.3) is 0 Å². The molecule has 0 heterocycles. The van der Waals surface area contributed by atoms with E-state index in [2.05, 4.69) is 53.9 Å². The first-order chi connectivity index (χ1) is 10.7. The standard InChI is InChI=1S/C17H29N3OS/c1-5-18-17(19-10-7-11-22-4)20-13-15-9-8-14(3)12-16(15)21-6-2/h8-9,12H,5-7,10-11,13H2,1-4H3,(H2,18,19,20). The van der Waals surface area contributed by atoms with Crippen molar-refractivity contribution in [2.75, 3.05) is 31.7 Å². The minimum atomic E-state index is 0.619. The average molecular weight is 324 g/mol. The van der Waals surface area contributed by atoms with Gasteiger partial charge in [-0.15, -0.1) is 0 Å². The quantitative estimate of drug-likeness (QED) is 0.416. The van der Waals surface area contributed by atoms with Gasteiger partial charge in [-0.05, 0) is 50.8 Å². The van der Waals surface area contributed by atoms with Crippen molar-refractivity contribution in [3.63, 3.8) is 0 Å². The van der Waals surface area contributed by atoms with Crippen LogP contribution in [0.4, 0.5) is 0 Å². The molecule has 4 nitrogen and oxygen atoms in total. The molecule has 5 heteroatoms. The molecule has 0 aliphatic heterocycles. The molecule has 0 radical (unpaired) electrons. The van der Waals surface area contributed by atoms with E-state index in [9.17, 15) is 0 Å². The van der Waals surface area contributed by atoms with Gasteiger partial charge in [-0.3, -0.25) is 0 Å². The van der Waals surface area contributed by atoms with Gasteiger partial charge in [0.05, 0.1) is 13.2 Å². The summed E-state index contributed by atoms with van der Waals surface area (Å²) in [4.78, 5) is 4.66. The van der Waals surface area contributed by atoms with Gasteiger partial charge in [-0.2, -0.15) is 11.8 Å². The highest BCUT2D eigenvalue weighted by molar-refractivity contribution is 7.98. The second-order valence-electron chi connectivity index (χ2n) is 5.01. The predicted molar refractivity (Wildman–Crippen MR) is 98.2 cm³/mol. The third kappa shape index (κ3) is 7.07. The molecule has 124 valence electrons. The van der Waals surface area contributed by atoms with E-state index in [1.165, 1.54) is 11.3 Å². The molecular weight excluding hydrogens is 294 g/mol. The second kappa shape index (κ2) is 11.2. The molecule has 0 bridgehead atoms. The molecule has 1 rings (SSSR count). The molecule has 2 N–H and O–H groups in total. The summed E-state index contributed by atoms with van der Waals surface area (Å²) in [6.07, 6.45) is 3.27. The molecule has 0 atom stereocenters. The molecule has 0 spiro atoms. The Hall–Kier alpha value is -1.36. The minimum Gasteiger partial charge on any atom is -0.494 e. The molecule has 0 saturated heterocycles. The topological polar surface area (TPSA) is 45.7 Å². The fraction of sp³-hybridized carbons (Fsp3) is 0.588. The minimum absolute atomic E-state index is 0.619. The Morgan fingerprint density at radius 2 is 2.09 bits per heavy atom. The van der Waals surface area contributed by atoms with E-state index in [0.29, 0.717) is 13.2 Å². The highest BCUT2D eigenvalue weighted by Crippen LogP contribution is 2.21. The van der Waals surface area contributed by atoms with Gasteiger partial charge in [0.15, 0.2) is 5.96 Å². The van der Waals surface area contributed by atoms with Crippen LogP contribution in [0.3, 0.4) is 0 Å². The Kier molecular flexibility index (Phi) is 9.55. The number of nitrogens with one attached hydrogen (secondary N) is 2. The normalized spacial score (nSPS) is 11.4. The van der Waals surface area contributed by atoms with Crippen LogP contribution in [0.5, 0.6) is 5.75 Å². The lowest BCUT2D eigenvalue weighted by Gasteiger charge is -2.13. The van der Waals surface area contributed by atoms with E-state index in [1.54, 1.807) is 0 Å². The number of ether oxygens (including phenoxy) is 1. The number of nitrogens with zero attached hydrogens (tertiary/aromatic N) is 1. The predicted octanol–water partition coefficient (Wildman–Crippen LogP) is 3.20. The van der Waals surface area contributed by atoms with Crippen molar-refractivity contribution < 1.29 is 4.74 Å². The zero-order chi connectivity index (χ0) is 16.2. The number of guanidine groups is 1. The molecule has 1 aromatic carbocycles. The van der Waals surface area contributed by atoms with Gasteiger partial charge in [0.2, 0.25) is 0 Å². The Morgan fingerprint density at radius 3 is 2.77 bits per heavy atom. The van der Waals surface area contributed by atoms with Crippen LogP contribution >= 0.6 is 11.8 Å². The molecule has 0 aliphatic rings. The Bertz CT molecular complexity index is 463. The first-order valence-corrected chi connectivity index (χ1v) is 9.34. The van der Waals surface area contributed by atoms with Crippen molar-refractivity contribution in [3.05, 3.63) is 29.3 Å². The van der Waals surface area contributed by atoms with Crippen LogP contribution in [0.2, 0.25) is 0 Å². The summed E-state index contributed by atoms with van der Waals surface area (Å²) in [7, 11) is 0. The van der Waals surface area contributed by atoms with Gasteiger partial charge >= 0.3 is 0 Å². The Balaban J connectivity index is 2.68. The number of thioether (sulfide) groups is 1. The lowest BCUT2D eigenvalue weighted by Crippen LogP contribution is -2.37. The third-order valence-corrected chi connectivity index (χ3v) is 3.79. The van der Waals surface area contributed by atoms with E-state index in [1.807, 2.05) is 18.7 Å². The first kappa shape index (κ1) is 18.7. The SMILES string of the molecule is CCNC(=NCc1ccc(C)cc1OCC)NCCCSC. The summed E-state index contributed by atoms with van der Waals surface area (Å²) in [5.41, 5.74) is 2.33. The second-order valence-corrected chi connectivity index (χ2v) is 6.00. The molecule has 0 aliphatic carbocycles. The van der Waals surface area contributed by atoms with E-state index in [0.717, 1.165) is 36.8 Å². The fourth-order valence-corrected chi connectivity index (χ4v) is 2.44. The van der Waals surface area contributed by atoms with Gasteiger partial charge < -0.3 is 15.4 Å². The maximum absolute atomic E-state index is 5.71. The summed E-state index contributed by atoms with van der Waals surface area (Å²) in [5.74, 6) is 2.97. The maximum Gasteiger partial charge on any atom is 0.191 e.